The standard InChI is InChI=1S/C15H10ClNO5/c16-11-6-5-8(14(19)20)7-12(11)17-13(18)9-3-1-2-4-10(9)15(21)22/h1-7H,(H,17,18)(H,19,20)(H,21,22). The zero-order chi connectivity index (χ0) is 16.3. The summed E-state index contributed by atoms with van der Waals surface area (Å²) in [5.41, 5.74) is -0.171. The molecular formula is C15H10ClNO5. The van der Waals surface area contributed by atoms with E-state index in [9.17, 15) is 14.4 Å². The number of halogens is 1. The molecule has 0 saturated carbocycles. The van der Waals surface area contributed by atoms with Crippen molar-refractivity contribution in [1.29, 1.82) is 0 Å². The maximum Gasteiger partial charge on any atom is 0.336 e. The number of carboxylic acid groups (broad SMARTS) is 2. The first kappa shape index (κ1) is 15.5. The Bertz CT molecular complexity index is 772. The minimum Gasteiger partial charge on any atom is -0.478 e. The second-order valence-electron chi connectivity index (χ2n) is 4.30. The van der Waals surface area contributed by atoms with Crippen LogP contribution in [-0.4, -0.2) is 28.1 Å². The SMILES string of the molecule is O=C(O)c1ccc(Cl)c(NC(=O)c2ccccc2C(=O)O)c1. The van der Waals surface area contributed by atoms with Gasteiger partial charge in [-0.2, -0.15) is 0 Å². The van der Waals surface area contributed by atoms with Gasteiger partial charge < -0.3 is 15.5 Å². The number of carbonyl (C=O) groups is 3. The molecule has 6 nitrogen and oxygen atoms in total. The van der Waals surface area contributed by atoms with Crippen molar-refractivity contribution in [2.45, 2.75) is 0 Å². The van der Waals surface area contributed by atoms with E-state index in [1.807, 2.05) is 0 Å². The lowest BCUT2D eigenvalue weighted by Gasteiger charge is -2.10. The van der Waals surface area contributed by atoms with E-state index >= 15 is 0 Å². The molecule has 0 fully saturated rings. The van der Waals surface area contributed by atoms with Gasteiger partial charge in [0.2, 0.25) is 0 Å². The molecule has 0 aliphatic carbocycles. The number of nitrogens with one attached hydrogen (secondary N) is 1. The Morgan fingerprint density at radius 2 is 1.55 bits per heavy atom. The fraction of sp³-hybridized carbons (Fsp3) is 0. The van der Waals surface area contributed by atoms with Crippen LogP contribution >= 0.6 is 11.6 Å². The van der Waals surface area contributed by atoms with E-state index in [0.717, 1.165) is 0 Å². The van der Waals surface area contributed by atoms with E-state index < -0.39 is 17.8 Å². The molecule has 2 rings (SSSR count). The third-order valence-electron chi connectivity index (χ3n) is 2.86. The summed E-state index contributed by atoms with van der Waals surface area (Å²) in [5.74, 6) is -3.10. The summed E-state index contributed by atoms with van der Waals surface area (Å²) >= 11 is 5.91. The largest absolute Gasteiger partial charge is 0.478 e. The number of aromatic carboxylic acids is 2. The van der Waals surface area contributed by atoms with E-state index in [0.29, 0.717) is 0 Å². The first-order valence-corrected chi connectivity index (χ1v) is 6.44. The summed E-state index contributed by atoms with van der Waals surface area (Å²) in [6, 6.07) is 9.51. The average Bonchev–Trinajstić information content (AvgIpc) is 2.49. The molecule has 0 atom stereocenters. The highest BCUT2D eigenvalue weighted by Crippen LogP contribution is 2.24. The van der Waals surface area contributed by atoms with Gasteiger partial charge in [0.05, 0.1) is 27.4 Å². The molecule has 0 aliphatic heterocycles. The van der Waals surface area contributed by atoms with Crippen molar-refractivity contribution in [2.24, 2.45) is 0 Å². The summed E-state index contributed by atoms with van der Waals surface area (Å²) < 4.78 is 0. The van der Waals surface area contributed by atoms with Crippen LogP contribution in [0.15, 0.2) is 42.5 Å². The molecule has 0 unspecified atom stereocenters. The van der Waals surface area contributed by atoms with Crippen molar-refractivity contribution < 1.29 is 24.6 Å². The molecule has 112 valence electrons. The summed E-state index contributed by atoms with van der Waals surface area (Å²) in [7, 11) is 0. The molecule has 0 aromatic heterocycles. The third-order valence-corrected chi connectivity index (χ3v) is 3.19. The van der Waals surface area contributed by atoms with Gasteiger partial charge in [-0.15, -0.1) is 0 Å². The van der Waals surface area contributed by atoms with Crippen LogP contribution in [0.4, 0.5) is 5.69 Å². The molecule has 0 heterocycles. The second-order valence-corrected chi connectivity index (χ2v) is 4.71. The Balaban J connectivity index is 2.36. The maximum absolute atomic E-state index is 12.2. The highest BCUT2D eigenvalue weighted by molar-refractivity contribution is 6.34. The summed E-state index contributed by atoms with van der Waals surface area (Å²) in [5, 5.41) is 20.6. The molecule has 1 amide bonds. The molecule has 0 radical (unpaired) electrons. The number of hydrogen-bond donors (Lipinski definition) is 3. The molecule has 3 N–H and O–H groups in total. The summed E-state index contributed by atoms with van der Waals surface area (Å²) in [6.45, 7) is 0. The number of rotatable bonds is 4. The van der Waals surface area contributed by atoms with Crippen LogP contribution in [-0.2, 0) is 0 Å². The van der Waals surface area contributed by atoms with E-state index in [2.05, 4.69) is 5.32 Å². The number of hydrogen-bond acceptors (Lipinski definition) is 3. The van der Waals surface area contributed by atoms with Crippen LogP contribution in [0.3, 0.4) is 0 Å². The van der Waals surface area contributed by atoms with Crippen molar-refractivity contribution in [1.82, 2.24) is 0 Å². The molecule has 0 aliphatic rings. The first-order valence-electron chi connectivity index (χ1n) is 6.06. The minimum atomic E-state index is -1.24. The fourth-order valence-corrected chi connectivity index (χ4v) is 1.98. The number of benzene rings is 2. The van der Waals surface area contributed by atoms with E-state index in [1.165, 1.54) is 42.5 Å². The molecule has 0 spiro atoms. The van der Waals surface area contributed by atoms with Gasteiger partial charge in [0.25, 0.3) is 5.91 Å². The van der Waals surface area contributed by atoms with Crippen LogP contribution < -0.4 is 5.32 Å². The number of anilines is 1. The van der Waals surface area contributed by atoms with Gasteiger partial charge in [-0.3, -0.25) is 4.79 Å². The summed E-state index contributed by atoms with van der Waals surface area (Å²) in [6.07, 6.45) is 0. The van der Waals surface area contributed by atoms with Crippen molar-refractivity contribution in [3.05, 3.63) is 64.2 Å². The highest BCUT2D eigenvalue weighted by Gasteiger charge is 2.17. The Hall–Kier alpha value is -2.86. The smallest absolute Gasteiger partial charge is 0.336 e. The monoisotopic (exact) mass is 319 g/mol. The Morgan fingerprint density at radius 3 is 2.14 bits per heavy atom. The Kier molecular flexibility index (Phi) is 4.43. The Labute approximate surface area is 130 Å². The van der Waals surface area contributed by atoms with Gasteiger partial charge in [0, 0.05) is 0 Å². The van der Waals surface area contributed by atoms with Crippen LogP contribution in [0.25, 0.3) is 0 Å². The minimum absolute atomic E-state index is 0.0493. The number of carbonyl (C=O) groups excluding carboxylic acids is 1. The van der Waals surface area contributed by atoms with Crippen LogP contribution in [0.2, 0.25) is 5.02 Å². The zero-order valence-corrected chi connectivity index (χ0v) is 11.8. The van der Waals surface area contributed by atoms with Gasteiger partial charge in [-0.05, 0) is 30.3 Å². The molecule has 0 bridgehead atoms. The van der Waals surface area contributed by atoms with Crippen molar-refractivity contribution in [3.63, 3.8) is 0 Å². The van der Waals surface area contributed by atoms with E-state index in [4.69, 9.17) is 21.8 Å². The normalized spacial score (nSPS) is 10.0. The predicted octanol–water partition coefficient (Wildman–Crippen LogP) is 2.99. The Morgan fingerprint density at radius 1 is 0.909 bits per heavy atom. The number of amides is 1. The van der Waals surface area contributed by atoms with Crippen LogP contribution in [0.5, 0.6) is 0 Å². The molecule has 2 aromatic rings. The van der Waals surface area contributed by atoms with Gasteiger partial charge >= 0.3 is 11.9 Å². The first-order chi connectivity index (χ1) is 10.4. The van der Waals surface area contributed by atoms with Crippen molar-refractivity contribution in [2.75, 3.05) is 5.32 Å². The number of carboxylic acids is 2. The van der Waals surface area contributed by atoms with Crippen LogP contribution in [0, 0.1) is 0 Å². The lowest BCUT2D eigenvalue weighted by atomic mass is 10.1. The van der Waals surface area contributed by atoms with Gasteiger partial charge in [-0.25, -0.2) is 9.59 Å². The average molecular weight is 320 g/mol. The lowest BCUT2D eigenvalue weighted by Crippen LogP contribution is -2.16. The maximum atomic E-state index is 12.2. The van der Waals surface area contributed by atoms with Crippen molar-refractivity contribution >= 4 is 35.1 Å². The van der Waals surface area contributed by atoms with Gasteiger partial charge in [0.15, 0.2) is 0 Å². The fourth-order valence-electron chi connectivity index (χ4n) is 1.81. The molecular weight excluding hydrogens is 310 g/mol. The molecule has 22 heavy (non-hydrogen) atoms. The zero-order valence-electron chi connectivity index (χ0n) is 11.0. The van der Waals surface area contributed by atoms with E-state index in [1.54, 1.807) is 0 Å². The molecule has 7 heteroatoms. The predicted molar refractivity (Wildman–Crippen MR) is 79.8 cm³/mol. The summed E-state index contributed by atoms with van der Waals surface area (Å²) in [4.78, 5) is 34.2. The van der Waals surface area contributed by atoms with Crippen molar-refractivity contribution in [3.8, 4) is 0 Å². The molecule has 0 saturated heterocycles. The van der Waals surface area contributed by atoms with Gasteiger partial charge in [0.1, 0.15) is 0 Å². The third kappa shape index (κ3) is 3.24. The van der Waals surface area contributed by atoms with Gasteiger partial charge in [-0.1, -0.05) is 23.7 Å². The molecule has 2 aromatic carbocycles. The second kappa shape index (κ2) is 6.28. The highest BCUT2D eigenvalue weighted by atomic mass is 35.5. The van der Waals surface area contributed by atoms with Crippen LogP contribution in [0.1, 0.15) is 31.1 Å². The quantitative estimate of drug-likeness (QED) is 0.803. The van der Waals surface area contributed by atoms with E-state index in [-0.39, 0.29) is 27.4 Å². The topological polar surface area (TPSA) is 104 Å². The lowest BCUT2D eigenvalue weighted by molar-refractivity contribution is 0.0685.